The van der Waals surface area contributed by atoms with E-state index in [-0.39, 0.29) is 21.6 Å². The van der Waals surface area contributed by atoms with Crippen LogP contribution in [0.25, 0.3) is 11.0 Å². The number of aromatic nitrogens is 2. The number of benzene rings is 2. The van der Waals surface area contributed by atoms with Gasteiger partial charge in [-0.3, -0.25) is 4.79 Å². The molecule has 2 aromatic carbocycles. The van der Waals surface area contributed by atoms with Crippen LogP contribution in [-0.2, 0) is 14.6 Å². The number of nitriles is 1. The number of anilines is 1. The highest BCUT2D eigenvalue weighted by molar-refractivity contribution is 7.92. The van der Waals surface area contributed by atoms with E-state index in [2.05, 4.69) is 15.3 Å². The third-order valence-electron chi connectivity index (χ3n) is 3.73. The third kappa shape index (κ3) is 3.74. The summed E-state index contributed by atoms with van der Waals surface area (Å²) in [7, 11) is -4.10. The van der Waals surface area contributed by atoms with Crippen molar-refractivity contribution in [1.82, 2.24) is 9.97 Å². The standard InChI is InChI=1S/C18H13ClN4O3S/c1-11(24)21-12-6-8-13(9-7-12)27(25,26)16(10-20)17-18(19)23-15-5-3-2-4-14(15)22-17/h2-9,16H,1H3,(H,21,24)/t16-/m1/s1. The Morgan fingerprint density at radius 3 is 2.26 bits per heavy atom. The molecule has 0 bridgehead atoms. The quantitative estimate of drug-likeness (QED) is 0.718. The maximum Gasteiger partial charge on any atom is 0.221 e. The molecule has 1 heterocycles. The molecule has 27 heavy (non-hydrogen) atoms. The zero-order chi connectivity index (χ0) is 19.6. The minimum atomic E-state index is -4.10. The summed E-state index contributed by atoms with van der Waals surface area (Å²) in [5, 5.41) is 10.3. The van der Waals surface area contributed by atoms with E-state index in [1.54, 1.807) is 30.3 Å². The highest BCUT2D eigenvalue weighted by Crippen LogP contribution is 2.32. The van der Waals surface area contributed by atoms with Crippen molar-refractivity contribution in [2.75, 3.05) is 5.32 Å². The van der Waals surface area contributed by atoms with Crippen LogP contribution in [0, 0.1) is 11.3 Å². The molecule has 0 aliphatic rings. The van der Waals surface area contributed by atoms with Gasteiger partial charge in [-0.15, -0.1) is 0 Å². The SMILES string of the molecule is CC(=O)Nc1ccc(S(=O)(=O)[C@H](C#N)c2nc3ccccc3nc2Cl)cc1. The Kier molecular flexibility index (Phi) is 5.08. The summed E-state index contributed by atoms with van der Waals surface area (Å²) >= 11 is 6.12. The predicted molar refractivity (Wildman–Crippen MR) is 101 cm³/mol. The number of nitrogens with one attached hydrogen (secondary N) is 1. The Morgan fingerprint density at radius 1 is 1.11 bits per heavy atom. The molecule has 7 nitrogen and oxygen atoms in total. The first-order valence-corrected chi connectivity index (χ1v) is 9.68. The average Bonchev–Trinajstić information content (AvgIpc) is 2.62. The van der Waals surface area contributed by atoms with Gasteiger partial charge in [-0.2, -0.15) is 5.26 Å². The summed E-state index contributed by atoms with van der Waals surface area (Å²) in [5.74, 6) is -0.279. The number of carbonyl (C=O) groups excluding carboxylic acids is 1. The first-order chi connectivity index (χ1) is 12.8. The number of halogens is 1. The Labute approximate surface area is 160 Å². The molecule has 0 aliphatic heterocycles. The van der Waals surface area contributed by atoms with E-state index in [9.17, 15) is 18.5 Å². The summed E-state index contributed by atoms with van der Waals surface area (Å²) in [5.41, 5.74) is 1.26. The molecule has 1 aromatic heterocycles. The fraction of sp³-hybridized carbons (Fsp3) is 0.111. The zero-order valence-electron chi connectivity index (χ0n) is 14.0. The normalized spacial score (nSPS) is 12.3. The Bertz CT molecular complexity index is 1170. The number of hydrogen-bond donors (Lipinski definition) is 1. The molecule has 1 amide bonds. The van der Waals surface area contributed by atoms with Gasteiger partial charge in [0.1, 0.15) is 5.69 Å². The van der Waals surface area contributed by atoms with Gasteiger partial charge in [-0.05, 0) is 36.4 Å². The van der Waals surface area contributed by atoms with Crippen LogP contribution in [0.3, 0.4) is 0 Å². The van der Waals surface area contributed by atoms with E-state index < -0.39 is 15.1 Å². The monoisotopic (exact) mass is 400 g/mol. The van der Waals surface area contributed by atoms with Crippen LogP contribution in [0.5, 0.6) is 0 Å². The number of carbonyl (C=O) groups is 1. The Morgan fingerprint density at radius 2 is 1.70 bits per heavy atom. The lowest BCUT2D eigenvalue weighted by Crippen LogP contribution is -2.15. The molecule has 0 saturated carbocycles. The van der Waals surface area contributed by atoms with Crippen LogP contribution in [0.1, 0.15) is 17.9 Å². The van der Waals surface area contributed by atoms with E-state index in [4.69, 9.17) is 11.6 Å². The Hall–Kier alpha value is -3.02. The average molecular weight is 401 g/mol. The predicted octanol–water partition coefficient (Wildman–Crippen LogP) is 3.28. The molecule has 0 saturated heterocycles. The van der Waals surface area contributed by atoms with E-state index in [1.807, 2.05) is 0 Å². The maximum atomic E-state index is 12.9. The van der Waals surface area contributed by atoms with Gasteiger partial charge < -0.3 is 5.32 Å². The van der Waals surface area contributed by atoms with Crippen molar-refractivity contribution in [3.63, 3.8) is 0 Å². The molecule has 0 spiro atoms. The van der Waals surface area contributed by atoms with Gasteiger partial charge in [0.05, 0.1) is 22.0 Å². The minimum Gasteiger partial charge on any atom is -0.326 e. The van der Waals surface area contributed by atoms with E-state index >= 15 is 0 Å². The van der Waals surface area contributed by atoms with Crippen molar-refractivity contribution < 1.29 is 13.2 Å². The van der Waals surface area contributed by atoms with Gasteiger partial charge in [-0.25, -0.2) is 18.4 Å². The number of rotatable bonds is 4. The minimum absolute atomic E-state index is 0.0887. The van der Waals surface area contributed by atoms with Crippen molar-refractivity contribution in [3.8, 4) is 6.07 Å². The van der Waals surface area contributed by atoms with Gasteiger partial charge in [-0.1, -0.05) is 23.7 Å². The fourth-order valence-corrected chi connectivity index (χ4v) is 4.20. The van der Waals surface area contributed by atoms with E-state index in [0.717, 1.165) is 0 Å². The molecule has 0 aliphatic carbocycles. The molecule has 136 valence electrons. The second-order valence-electron chi connectivity index (χ2n) is 5.65. The van der Waals surface area contributed by atoms with Gasteiger partial charge in [0.15, 0.2) is 10.4 Å². The van der Waals surface area contributed by atoms with Gasteiger partial charge in [0.2, 0.25) is 15.7 Å². The van der Waals surface area contributed by atoms with Crippen LogP contribution in [-0.4, -0.2) is 24.3 Å². The van der Waals surface area contributed by atoms with Crippen LogP contribution in [0.4, 0.5) is 5.69 Å². The first kappa shape index (κ1) is 18.8. The van der Waals surface area contributed by atoms with E-state index in [1.165, 1.54) is 31.2 Å². The van der Waals surface area contributed by atoms with Crippen molar-refractivity contribution in [3.05, 3.63) is 59.4 Å². The lowest BCUT2D eigenvalue weighted by Gasteiger charge is -2.13. The largest absolute Gasteiger partial charge is 0.326 e. The molecular formula is C18H13ClN4O3S. The van der Waals surface area contributed by atoms with Crippen molar-refractivity contribution in [2.45, 2.75) is 17.1 Å². The lowest BCUT2D eigenvalue weighted by atomic mass is 10.2. The number of nitrogens with zero attached hydrogens (tertiary/aromatic N) is 3. The van der Waals surface area contributed by atoms with Gasteiger partial charge in [0.25, 0.3) is 0 Å². The highest BCUT2D eigenvalue weighted by Gasteiger charge is 2.33. The smallest absolute Gasteiger partial charge is 0.221 e. The van der Waals surface area contributed by atoms with E-state index in [0.29, 0.717) is 16.7 Å². The highest BCUT2D eigenvalue weighted by atomic mass is 35.5. The summed E-state index contributed by atoms with van der Waals surface area (Å²) in [6, 6.07) is 14.1. The molecule has 0 radical (unpaired) electrons. The van der Waals surface area contributed by atoms with Gasteiger partial charge in [0, 0.05) is 12.6 Å². The second kappa shape index (κ2) is 7.31. The molecular weight excluding hydrogens is 388 g/mol. The maximum absolute atomic E-state index is 12.9. The molecule has 1 atom stereocenters. The summed E-state index contributed by atoms with van der Waals surface area (Å²) in [6.07, 6.45) is 0. The lowest BCUT2D eigenvalue weighted by molar-refractivity contribution is -0.114. The number of sulfone groups is 1. The summed E-state index contributed by atoms with van der Waals surface area (Å²) in [4.78, 5) is 19.4. The van der Waals surface area contributed by atoms with Crippen LogP contribution < -0.4 is 5.32 Å². The molecule has 3 aromatic rings. The van der Waals surface area contributed by atoms with Crippen LogP contribution >= 0.6 is 11.6 Å². The topological polar surface area (TPSA) is 113 Å². The van der Waals surface area contributed by atoms with Gasteiger partial charge >= 0.3 is 0 Å². The molecule has 3 rings (SSSR count). The number of amides is 1. The van der Waals surface area contributed by atoms with Crippen molar-refractivity contribution in [2.24, 2.45) is 0 Å². The summed E-state index contributed by atoms with van der Waals surface area (Å²) in [6.45, 7) is 1.34. The molecule has 0 fully saturated rings. The number of para-hydroxylation sites is 2. The van der Waals surface area contributed by atoms with Crippen molar-refractivity contribution in [1.29, 1.82) is 5.26 Å². The molecule has 9 heteroatoms. The zero-order valence-corrected chi connectivity index (χ0v) is 15.6. The fourth-order valence-electron chi connectivity index (χ4n) is 2.50. The number of fused-ring (bicyclic) bond motifs is 1. The third-order valence-corrected chi connectivity index (χ3v) is 5.89. The van der Waals surface area contributed by atoms with Crippen LogP contribution in [0.2, 0.25) is 5.15 Å². The Balaban J connectivity index is 2.05. The molecule has 0 unspecified atom stereocenters. The van der Waals surface area contributed by atoms with Crippen molar-refractivity contribution >= 4 is 44.1 Å². The first-order valence-electron chi connectivity index (χ1n) is 7.76. The van der Waals surface area contributed by atoms with Crippen LogP contribution in [0.15, 0.2) is 53.4 Å². The second-order valence-corrected chi connectivity index (χ2v) is 8.04. The summed E-state index contributed by atoms with van der Waals surface area (Å²) < 4.78 is 25.9. The molecule has 1 N–H and O–H groups in total. The number of hydrogen-bond acceptors (Lipinski definition) is 6.